The minimum Gasteiger partial charge on any atom is -0.455 e. The van der Waals surface area contributed by atoms with Crippen molar-refractivity contribution >= 4 is 40.8 Å². The molecular weight excluding hydrogens is 289 g/mol. The van der Waals surface area contributed by atoms with Crippen molar-refractivity contribution in [3.63, 3.8) is 0 Å². The summed E-state index contributed by atoms with van der Waals surface area (Å²) in [6.07, 6.45) is 0.830. The second-order valence-corrected chi connectivity index (χ2v) is 5.39. The zero-order valence-electron chi connectivity index (χ0n) is 10.3. The van der Waals surface area contributed by atoms with Gasteiger partial charge in [0.2, 0.25) is 0 Å². The molecule has 1 aromatic rings. The Balaban J connectivity index is 1.86. The second kappa shape index (κ2) is 5.80. The third-order valence-corrected chi connectivity index (χ3v) is 3.61. The van der Waals surface area contributed by atoms with Gasteiger partial charge in [0.25, 0.3) is 5.91 Å². The normalized spacial score (nSPS) is 20.8. The van der Waals surface area contributed by atoms with Gasteiger partial charge in [-0.05, 0) is 24.5 Å². The van der Waals surface area contributed by atoms with Crippen LogP contribution in [0.3, 0.4) is 0 Å². The van der Waals surface area contributed by atoms with Crippen LogP contribution in [0.5, 0.6) is 0 Å². The molecule has 2 rings (SSSR count). The third-order valence-electron chi connectivity index (χ3n) is 2.98. The minimum atomic E-state index is -0.461. The number of hydrogen-bond donors (Lipinski definition) is 1. The van der Waals surface area contributed by atoms with E-state index in [1.807, 2.05) is 6.92 Å². The Morgan fingerprint density at radius 1 is 1.37 bits per heavy atom. The fourth-order valence-corrected chi connectivity index (χ4v) is 2.18. The van der Waals surface area contributed by atoms with Gasteiger partial charge in [-0.15, -0.1) is 0 Å². The summed E-state index contributed by atoms with van der Waals surface area (Å²) in [5.41, 5.74) is 0.326. The molecule has 1 saturated carbocycles. The number of ether oxygens (including phenoxy) is 1. The smallest absolute Gasteiger partial charge is 0.309 e. The molecule has 1 fully saturated rings. The largest absolute Gasteiger partial charge is 0.455 e. The number of amides is 1. The molecule has 102 valence electrons. The highest BCUT2D eigenvalue weighted by atomic mass is 35.5. The molecule has 0 unspecified atom stereocenters. The molecule has 0 saturated heterocycles. The van der Waals surface area contributed by atoms with E-state index in [0.29, 0.717) is 21.7 Å². The number of anilines is 1. The molecular formula is C13H13Cl2NO3. The lowest BCUT2D eigenvalue weighted by Crippen LogP contribution is -2.22. The Hall–Kier alpha value is -1.26. The molecule has 19 heavy (non-hydrogen) atoms. The van der Waals surface area contributed by atoms with Gasteiger partial charge in [-0.25, -0.2) is 0 Å². The van der Waals surface area contributed by atoms with E-state index in [0.717, 1.165) is 6.42 Å². The monoisotopic (exact) mass is 301 g/mol. The Labute approximate surface area is 121 Å². The van der Waals surface area contributed by atoms with Crippen molar-refractivity contribution in [1.82, 2.24) is 0 Å². The van der Waals surface area contributed by atoms with E-state index in [4.69, 9.17) is 27.9 Å². The van der Waals surface area contributed by atoms with Gasteiger partial charge >= 0.3 is 5.97 Å². The Morgan fingerprint density at radius 3 is 2.47 bits per heavy atom. The van der Waals surface area contributed by atoms with Crippen LogP contribution < -0.4 is 5.32 Å². The first-order valence-electron chi connectivity index (χ1n) is 5.89. The van der Waals surface area contributed by atoms with Crippen LogP contribution in [0.2, 0.25) is 10.0 Å². The molecule has 1 aromatic carbocycles. The summed E-state index contributed by atoms with van der Waals surface area (Å²) in [6, 6.07) is 4.90. The predicted octanol–water partition coefficient (Wildman–Crippen LogP) is 3.13. The highest BCUT2D eigenvalue weighted by molar-refractivity contribution is 6.39. The molecule has 1 amide bonds. The predicted molar refractivity (Wildman–Crippen MR) is 73.3 cm³/mol. The zero-order chi connectivity index (χ0) is 14.0. The minimum absolute atomic E-state index is 0.0586. The first-order chi connectivity index (χ1) is 8.99. The Morgan fingerprint density at radius 2 is 1.95 bits per heavy atom. The number of esters is 1. The van der Waals surface area contributed by atoms with E-state index < -0.39 is 5.91 Å². The molecule has 0 radical (unpaired) electrons. The summed E-state index contributed by atoms with van der Waals surface area (Å²) >= 11 is 11.8. The molecule has 0 heterocycles. The van der Waals surface area contributed by atoms with E-state index >= 15 is 0 Å². The second-order valence-electron chi connectivity index (χ2n) is 4.57. The molecule has 1 aliphatic rings. The van der Waals surface area contributed by atoms with Crippen LogP contribution in [0.15, 0.2) is 18.2 Å². The van der Waals surface area contributed by atoms with Gasteiger partial charge in [0.15, 0.2) is 6.61 Å². The van der Waals surface area contributed by atoms with Crippen LogP contribution in [0, 0.1) is 11.8 Å². The molecule has 2 atom stereocenters. The Bertz CT molecular complexity index is 498. The van der Waals surface area contributed by atoms with E-state index in [1.54, 1.807) is 18.2 Å². The van der Waals surface area contributed by atoms with Gasteiger partial charge in [0, 0.05) is 0 Å². The van der Waals surface area contributed by atoms with Crippen LogP contribution in [0.1, 0.15) is 13.3 Å². The van der Waals surface area contributed by atoms with Gasteiger partial charge < -0.3 is 10.1 Å². The van der Waals surface area contributed by atoms with Gasteiger partial charge in [0.05, 0.1) is 21.7 Å². The van der Waals surface area contributed by atoms with Crippen molar-refractivity contribution in [1.29, 1.82) is 0 Å². The zero-order valence-corrected chi connectivity index (χ0v) is 11.8. The van der Waals surface area contributed by atoms with Gasteiger partial charge in [-0.1, -0.05) is 36.2 Å². The molecule has 0 aromatic heterocycles. The molecule has 4 nitrogen and oxygen atoms in total. The Kier molecular flexibility index (Phi) is 4.32. The number of hydrogen-bond acceptors (Lipinski definition) is 3. The molecule has 0 aliphatic heterocycles. The van der Waals surface area contributed by atoms with Gasteiger partial charge in [0.1, 0.15) is 0 Å². The maximum Gasteiger partial charge on any atom is 0.309 e. The van der Waals surface area contributed by atoms with Crippen molar-refractivity contribution in [2.75, 3.05) is 11.9 Å². The van der Waals surface area contributed by atoms with Crippen LogP contribution in [0.4, 0.5) is 5.69 Å². The quantitative estimate of drug-likeness (QED) is 0.869. The van der Waals surface area contributed by atoms with Crippen molar-refractivity contribution in [3.8, 4) is 0 Å². The summed E-state index contributed by atoms with van der Waals surface area (Å²) in [6.45, 7) is 1.64. The number of benzene rings is 1. The van der Waals surface area contributed by atoms with Gasteiger partial charge in [-0.3, -0.25) is 9.59 Å². The fraction of sp³-hybridized carbons (Fsp3) is 0.385. The number of nitrogens with one attached hydrogen (secondary N) is 1. The van der Waals surface area contributed by atoms with E-state index in [-0.39, 0.29) is 18.5 Å². The molecule has 1 N–H and O–H groups in total. The first-order valence-corrected chi connectivity index (χ1v) is 6.65. The lowest BCUT2D eigenvalue weighted by atomic mass is 10.3. The number of para-hydroxylation sites is 1. The van der Waals surface area contributed by atoms with Crippen molar-refractivity contribution in [2.24, 2.45) is 11.8 Å². The lowest BCUT2D eigenvalue weighted by molar-refractivity contribution is -0.148. The van der Waals surface area contributed by atoms with Crippen molar-refractivity contribution in [3.05, 3.63) is 28.2 Å². The summed E-state index contributed by atoms with van der Waals surface area (Å²) < 4.78 is 4.91. The lowest BCUT2D eigenvalue weighted by Gasteiger charge is -2.09. The fourth-order valence-electron chi connectivity index (χ4n) is 1.69. The number of carbonyl (C=O) groups excluding carboxylic acids is 2. The molecule has 0 bridgehead atoms. The maximum atomic E-state index is 11.6. The molecule has 1 aliphatic carbocycles. The molecule has 6 heteroatoms. The summed E-state index contributed by atoms with van der Waals surface area (Å²) in [4.78, 5) is 23.1. The summed E-state index contributed by atoms with van der Waals surface area (Å²) in [7, 11) is 0. The number of halogens is 2. The number of carbonyl (C=O) groups is 2. The van der Waals surface area contributed by atoms with E-state index in [9.17, 15) is 9.59 Å². The summed E-state index contributed by atoms with van der Waals surface area (Å²) in [5.74, 6) is -0.491. The van der Waals surface area contributed by atoms with Crippen LogP contribution in [0.25, 0.3) is 0 Å². The molecule has 0 spiro atoms. The third kappa shape index (κ3) is 3.61. The topological polar surface area (TPSA) is 55.4 Å². The van der Waals surface area contributed by atoms with E-state index in [1.165, 1.54) is 0 Å². The SMILES string of the molecule is C[C@@H]1C[C@H]1C(=O)OCC(=O)Nc1c(Cl)cccc1Cl. The maximum absolute atomic E-state index is 11.6. The highest BCUT2D eigenvalue weighted by Crippen LogP contribution is 2.38. The van der Waals surface area contributed by atoms with Crippen LogP contribution in [-0.2, 0) is 14.3 Å². The first kappa shape index (κ1) is 14.2. The number of rotatable bonds is 4. The average molecular weight is 302 g/mol. The standard InChI is InChI=1S/C13H13Cl2NO3/c1-7-5-8(7)13(18)19-6-11(17)16-12-9(14)3-2-4-10(12)15/h2-4,7-8H,5-6H2,1H3,(H,16,17)/t7-,8-/m1/s1. The average Bonchev–Trinajstić information content (AvgIpc) is 3.08. The van der Waals surface area contributed by atoms with Crippen LogP contribution >= 0.6 is 23.2 Å². The van der Waals surface area contributed by atoms with E-state index in [2.05, 4.69) is 5.32 Å². The highest BCUT2D eigenvalue weighted by Gasteiger charge is 2.40. The van der Waals surface area contributed by atoms with Crippen LogP contribution in [-0.4, -0.2) is 18.5 Å². The summed E-state index contributed by atoms with van der Waals surface area (Å²) in [5, 5.41) is 3.20. The van der Waals surface area contributed by atoms with Crippen molar-refractivity contribution in [2.45, 2.75) is 13.3 Å². The van der Waals surface area contributed by atoms with Gasteiger partial charge in [-0.2, -0.15) is 0 Å². The van der Waals surface area contributed by atoms with Crippen molar-refractivity contribution < 1.29 is 14.3 Å².